The summed E-state index contributed by atoms with van der Waals surface area (Å²) in [6.45, 7) is 0. The molecule has 1 aliphatic heterocycles. The average Bonchev–Trinajstić information content (AvgIpc) is 3.11. The summed E-state index contributed by atoms with van der Waals surface area (Å²) in [5.41, 5.74) is 17.0. The molecule has 134 valence electrons. The molecule has 5 nitrogen and oxygen atoms in total. The zero-order valence-electron chi connectivity index (χ0n) is 14.7. The van der Waals surface area contributed by atoms with Crippen molar-refractivity contribution in [1.82, 2.24) is 5.32 Å². The third-order valence-electron chi connectivity index (χ3n) is 4.99. The molecule has 2 aromatic carbocycles. The molecule has 2 aromatic rings. The van der Waals surface area contributed by atoms with Gasteiger partial charge < -0.3 is 16.8 Å². The zero-order chi connectivity index (χ0) is 19.0. The number of hydrogen-bond donors (Lipinski definition) is 5. The summed E-state index contributed by atoms with van der Waals surface area (Å²) in [4.78, 5) is 0. The molecule has 0 amide bonds. The molecule has 0 bridgehead atoms. The fraction of sp³-hybridized carbons (Fsp3) is 0.0909. The SMILES string of the molecule is N=C(N)C1=CC2C=C(c3ccc(-c4ccc(C(=N)N)cc4)cc3)NC2C=C1. The fourth-order valence-electron chi connectivity index (χ4n) is 3.46. The van der Waals surface area contributed by atoms with Gasteiger partial charge in [-0.1, -0.05) is 72.8 Å². The van der Waals surface area contributed by atoms with E-state index in [-0.39, 0.29) is 23.6 Å². The highest BCUT2D eigenvalue weighted by Crippen LogP contribution is 2.30. The van der Waals surface area contributed by atoms with E-state index >= 15 is 0 Å². The van der Waals surface area contributed by atoms with Gasteiger partial charge in [0, 0.05) is 22.8 Å². The summed E-state index contributed by atoms with van der Waals surface area (Å²) < 4.78 is 0. The Hall–Kier alpha value is -3.60. The maximum atomic E-state index is 7.59. The minimum absolute atomic E-state index is 0.0774. The first kappa shape index (κ1) is 16.8. The third-order valence-corrected chi connectivity index (χ3v) is 4.99. The van der Waals surface area contributed by atoms with Gasteiger partial charge in [0.05, 0.1) is 6.04 Å². The van der Waals surface area contributed by atoms with Gasteiger partial charge in [-0.25, -0.2) is 0 Å². The van der Waals surface area contributed by atoms with E-state index in [0.29, 0.717) is 0 Å². The first-order valence-corrected chi connectivity index (χ1v) is 8.79. The Morgan fingerprint density at radius 1 is 0.778 bits per heavy atom. The van der Waals surface area contributed by atoms with Crippen molar-refractivity contribution in [3.05, 3.63) is 89.5 Å². The van der Waals surface area contributed by atoms with Crippen molar-refractivity contribution < 1.29 is 0 Å². The number of nitrogen functional groups attached to an aromatic ring is 1. The molecule has 2 unspecified atom stereocenters. The molecule has 0 aromatic heterocycles. The van der Waals surface area contributed by atoms with E-state index in [0.717, 1.165) is 33.5 Å². The zero-order valence-corrected chi connectivity index (χ0v) is 14.7. The quantitative estimate of drug-likeness (QED) is 0.429. The van der Waals surface area contributed by atoms with E-state index in [1.54, 1.807) is 0 Å². The van der Waals surface area contributed by atoms with E-state index in [4.69, 9.17) is 22.3 Å². The lowest BCUT2D eigenvalue weighted by Crippen LogP contribution is -2.28. The summed E-state index contributed by atoms with van der Waals surface area (Å²) in [5, 5.41) is 18.6. The van der Waals surface area contributed by atoms with Crippen LogP contribution < -0.4 is 16.8 Å². The van der Waals surface area contributed by atoms with Crippen molar-refractivity contribution in [3.63, 3.8) is 0 Å². The molecule has 2 atom stereocenters. The first-order chi connectivity index (χ1) is 13.0. The number of nitrogens with one attached hydrogen (secondary N) is 3. The normalized spacial score (nSPS) is 20.3. The molecule has 2 aliphatic rings. The molecule has 1 heterocycles. The molecule has 0 radical (unpaired) electrons. The maximum absolute atomic E-state index is 7.59. The molecule has 5 heteroatoms. The summed E-state index contributed by atoms with van der Waals surface area (Å²) in [6.07, 6.45) is 8.20. The van der Waals surface area contributed by atoms with E-state index in [1.807, 2.05) is 36.4 Å². The van der Waals surface area contributed by atoms with Crippen LogP contribution in [0.1, 0.15) is 11.1 Å². The largest absolute Gasteiger partial charge is 0.384 e. The molecule has 1 aliphatic carbocycles. The Balaban J connectivity index is 1.55. The van der Waals surface area contributed by atoms with Crippen molar-refractivity contribution in [1.29, 1.82) is 10.8 Å². The van der Waals surface area contributed by atoms with Gasteiger partial charge in [0.1, 0.15) is 11.7 Å². The molecular formula is C22H21N5. The van der Waals surface area contributed by atoms with E-state index in [2.05, 4.69) is 41.7 Å². The number of rotatable bonds is 4. The van der Waals surface area contributed by atoms with Crippen molar-refractivity contribution in [2.45, 2.75) is 6.04 Å². The standard InChI is InChI=1S/C22H21N5/c23-21(24)16-7-3-14(4-8-16)13-1-5-15(6-2-13)20-12-18-11-17(22(25)26)9-10-19(18)27-20/h1-12,18-19,27H,(H3,23,24)(H3,25,26). The lowest BCUT2D eigenvalue weighted by atomic mass is 9.93. The summed E-state index contributed by atoms with van der Waals surface area (Å²) in [5.74, 6) is 0.392. The maximum Gasteiger partial charge on any atom is 0.122 e. The highest BCUT2D eigenvalue weighted by Gasteiger charge is 2.26. The number of nitrogens with two attached hydrogens (primary N) is 2. The molecule has 4 rings (SSSR count). The lowest BCUT2D eigenvalue weighted by molar-refractivity contribution is 0.652. The van der Waals surface area contributed by atoms with E-state index in [1.165, 1.54) is 0 Å². The van der Waals surface area contributed by atoms with Crippen LogP contribution in [0.3, 0.4) is 0 Å². The Morgan fingerprint density at radius 3 is 1.96 bits per heavy atom. The van der Waals surface area contributed by atoms with Gasteiger partial charge in [-0.05, 0) is 16.7 Å². The molecule has 0 fully saturated rings. The van der Waals surface area contributed by atoms with Crippen LogP contribution in [-0.4, -0.2) is 17.7 Å². The first-order valence-electron chi connectivity index (χ1n) is 8.79. The smallest absolute Gasteiger partial charge is 0.122 e. The predicted molar refractivity (Wildman–Crippen MR) is 110 cm³/mol. The number of benzene rings is 2. The minimum Gasteiger partial charge on any atom is -0.384 e. The number of fused-ring (bicyclic) bond motifs is 1. The summed E-state index contributed by atoms with van der Waals surface area (Å²) >= 11 is 0. The van der Waals surface area contributed by atoms with Gasteiger partial charge in [0.2, 0.25) is 0 Å². The van der Waals surface area contributed by atoms with Crippen LogP contribution in [-0.2, 0) is 0 Å². The van der Waals surface area contributed by atoms with Crippen LogP contribution >= 0.6 is 0 Å². The molecule has 0 saturated heterocycles. The van der Waals surface area contributed by atoms with Crippen molar-refractivity contribution in [3.8, 4) is 11.1 Å². The highest BCUT2D eigenvalue weighted by atomic mass is 15.0. The van der Waals surface area contributed by atoms with Crippen molar-refractivity contribution in [2.75, 3.05) is 0 Å². The number of hydrogen-bond acceptors (Lipinski definition) is 3. The Morgan fingerprint density at radius 2 is 1.37 bits per heavy atom. The monoisotopic (exact) mass is 355 g/mol. The Bertz CT molecular complexity index is 994. The van der Waals surface area contributed by atoms with Gasteiger partial charge in [0.25, 0.3) is 0 Å². The topological polar surface area (TPSA) is 112 Å². The van der Waals surface area contributed by atoms with Crippen molar-refractivity contribution in [2.24, 2.45) is 17.4 Å². The second-order valence-corrected chi connectivity index (χ2v) is 6.79. The lowest BCUT2D eigenvalue weighted by Gasteiger charge is -2.19. The number of amidine groups is 2. The van der Waals surface area contributed by atoms with Crippen LogP contribution in [0.15, 0.2) is 78.4 Å². The van der Waals surface area contributed by atoms with E-state index < -0.39 is 0 Å². The van der Waals surface area contributed by atoms with Crippen LogP contribution in [0, 0.1) is 16.7 Å². The Labute approximate surface area is 158 Å². The molecule has 0 saturated carbocycles. The Kier molecular flexibility index (Phi) is 4.12. The van der Waals surface area contributed by atoms with Crippen LogP contribution in [0.5, 0.6) is 0 Å². The fourth-order valence-corrected chi connectivity index (χ4v) is 3.46. The summed E-state index contributed by atoms with van der Waals surface area (Å²) in [7, 11) is 0. The van der Waals surface area contributed by atoms with Gasteiger partial charge in [-0.3, -0.25) is 10.8 Å². The molecular weight excluding hydrogens is 334 g/mol. The van der Waals surface area contributed by atoms with Crippen molar-refractivity contribution >= 4 is 17.4 Å². The average molecular weight is 355 g/mol. The second kappa shape index (κ2) is 6.61. The minimum atomic E-state index is 0.0774. The molecule has 0 spiro atoms. The second-order valence-electron chi connectivity index (χ2n) is 6.79. The van der Waals surface area contributed by atoms with Gasteiger partial charge in [0.15, 0.2) is 0 Å². The third kappa shape index (κ3) is 3.27. The van der Waals surface area contributed by atoms with Crippen LogP contribution in [0.25, 0.3) is 16.8 Å². The van der Waals surface area contributed by atoms with Gasteiger partial charge >= 0.3 is 0 Å². The highest BCUT2D eigenvalue weighted by molar-refractivity contribution is 5.97. The van der Waals surface area contributed by atoms with Crippen LogP contribution in [0.2, 0.25) is 0 Å². The van der Waals surface area contributed by atoms with Gasteiger partial charge in [-0.2, -0.15) is 0 Å². The molecule has 7 N–H and O–H groups in total. The van der Waals surface area contributed by atoms with Crippen LogP contribution in [0.4, 0.5) is 0 Å². The van der Waals surface area contributed by atoms with E-state index in [9.17, 15) is 0 Å². The molecule has 27 heavy (non-hydrogen) atoms. The summed E-state index contributed by atoms with van der Waals surface area (Å²) in [6, 6.07) is 16.3. The van der Waals surface area contributed by atoms with Gasteiger partial charge in [-0.15, -0.1) is 0 Å². The predicted octanol–water partition coefficient (Wildman–Crippen LogP) is 3.00.